The van der Waals surface area contributed by atoms with Crippen LogP contribution in [0.2, 0.25) is 0 Å². The van der Waals surface area contributed by atoms with Gasteiger partial charge in [0.15, 0.2) is 5.96 Å². The lowest BCUT2D eigenvalue weighted by Crippen LogP contribution is -2.40. The SMILES string of the molecule is CCNC(=NCc1ccccc1OC)NCC(C)SC. The van der Waals surface area contributed by atoms with Gasteiger partial charge in [-0.25, -0.2) is 4.99 Å². The molecule has 0 aliphatic carbocycles. The maximum Gasteiger partial charge on any atom is 0.191 e. The van der Waals surface area contributed by atoms with Crippen LogP contribution in [0.15, 0.2) is 29.3 Å². The minimum atomic E-state index is 0.560. The van der Waals surface area contributed by atoms with E-state index in [-0.39, 0.29) is 0 Å². The van der Waals surface area contributed by atoms with E-state index in [1.807, 2.05) is 36.0 Å². The molecule has 0 aliphatic heterocycles. The van der Waals surface area contributed by atoms with Crippen molar-refractivity contribution in [2.75, 3.05) is 26.5 Å². The standard InChI is InChI=1S/C15H25N3OS/c1-5-16-15(17-10-12(2)20-4)18-11-13-8-6-7-9-14(13)19-3/h6-9,12H,5,10-11H2,1-4H3,(H2,16,17,18). The van der Waals surface area contributed by atoms with Gasteiger partial charge in [0.1, 0.15) is 5.75 Å². The molecule has 1 atom stereocenters. The van der Waals surface area contributed by atoms with Gasteiger partial charge in [0, 0.05) is 23.9 Å². The smallest absolute Gasteiger partial charge is 0.191 e. The number of hydrogen-bond acceptors (Lipinski definition) is 3. The molecule has 112 valence electrons. The molecule has 1 aromatic rings. The molecule has 0 fully saturated rings. The fourth-order valence-corrected chi connectivity index (χ4v) is 1.91. The lowest BCUT2D eigenvalue weighted by molar-refractivity contribution is 0.410. The summed E-state index contributed by atoms with van der Waals surface area (Å²) in [4.78, 5) is 4.60. The Labute approximate surface area is 126 Å². The van der Waals surface area contributed by atoms with Gasteiger partial charge in [-0.2, -0.15) is 11.8 Å². The van der Waals surface area contributed by atoms with E-state index >= 15 is 0 Å². The van der Waals surface area contributed by atoms with Crippen LogP contribution in [0.5, 0.6) is 5.75 Å². The summed E-state index contributed by atoms with van der Waals surface area (Å²) in [5.74, 6) is 1.73. The molecule has 0 radical (unpaired) electrons. The number of benzene rings is 1. The molecule has 0 bridgehead atoms. The van der Waals surface area contributed by atoms with Crippen molar-refractivity contribution in [2.24, 2.45) is 4.99 Å². The number of ether oxygens (including phenoxy) is 1. The molecule has 0 amide bonds. The minimum absolute atomic E-state index is 0.560. The fraction of sp³-hybridized carbons (Fsp3) is 0.533. The van der Waals surface area contributed by atoms with Crippen LogP contribution in [0.4, 0.5) is 0 Å². The Morgan fingerprint density at radius 2 is 2.10 bits per heavy atom. The van der Waals surface area contributed by atoms with E-state index in [1.54, 1.807) is 7.11 Å². The van der Waals surface area contributed by atoms with Gasteiger partial charge < -0.3 is 15.4 Å². The molecule has 20 heavy (non-hydrogen) atoms. The van der Waals surface area contributed by atoms with Gasteiger partial charge in [0.2, 0.25) is 0 Å². The van der Waals surface area contributed by atoms with E-state index in [0.29, 0.717) is 11.8 Å². The van der Waals surface area contributed by atoms with E-state index in [2.05, 4.69) is 35.7 Å². The van der Waals surface area contributed by atoms with Crippen molar-refractivity contribution in [3.8, 4) is 5.75 Å². The predicted molar refractivity (Wildman–Crippen MR) is 88.8 cm³/mol. The summed E-state index contributed by atoms with van der Waals surface area (Å²) in [5.41, 5.74) is 1.09. The van der Waals surface area contributed by atoms with Gasteiger partial charge in [-0.1, -0.05) is 25.1 Å². The molecule has 1 aromatic carbocycles. The Bertz CT molecular complexity index is 423. The zero-order valence-electron chi connectivity index (χ0n) is 12.8. The molecular formula is C15H25N3OS. The van der Waals surface area contributed by atoms with Crippen molar-refractivity contribution >= 4 is 17.7 Å². The Hall–Kier alpha value is -1.36. The van der Waals surface area contributed by atoms with Crippen LogP contribution in [-0.4, -0.2) is 37.7 Å². The first-order valence-electron chi connectivity index (χ1n) is 6.88. The number of para-hydroxylation sites is 1. The van der Waals surface area contributed by atoms with Crippen LogP contribution in [0.1, 0.15) is 19.4 Å². The Kier molecular flexibility index (Phi) is 7.95. The van der Waals surface area contributed by atoms with E-state index in [4.69, 9.17) is 4.74 Å². The summed E-state index contributed by atoms with van der Waals surface area (Å²) in [5, 5.41) is 7.18. The monoisotopic (exact) mass is 295 g/mol. The number of rotatable bonds is 7. The average Bonchev–Trinajstić information content (AvgIpc) is 2.49. The first kappa shape index (κ1) is 16.7. The Morgan fingerprint density at radius 3 is 2.75 bits per heavy atom. The summed E-state index contributed by atoms with van der Waals surface area (Å²) in [6.07, 6.45) is 2.12. The lowest BCUT2D eigenvalue weighted by atomic mass is 10.2. The van der Waals surface area contributed by atoms with Gasteiger partial charge in [0.05, 0.1) is 13.7 Å². The highest BCUT2D eigenvalue weighted by Crippen LogP contribution is 2.17. The molecule has 0 spiro atoms. The second-order valence-corrected chi connectivity index (χ2v) is 5.71. The summed E-state index contributed by atoms with van der Waals surface area (Å²) in [7, 11) is 1.69. The molecule has 5 heteroatoms. The molecule has 0 saturated carbocycles. The number of nitrogens with one attached hydrogen (secondary N) is 2. The minimum Gasteiger partial charge on any atom is -0.496 e. The van der Waals surface area contributed by atoms with Gasteiger partial charge in [0.25, 0.3) is 0 Å². The first-order valence-corrected chi connectivity index (χ1v) is 8.16. The topological polar surface area (TPSA) is 45.7 Å². The van der Waals surface area contributed by atoms with Crippen molar-refractivity contribution < 1.29 is 4.74 Å². The molecule has 1 rings (SSSR count). The number of methoxy groups -OCH3 is 1. The highest BCUT2D eigenvalue weighted by atomic mass is 32.2. The maximum atomic E-state index is 5.34. The number of guanidine groups is 1. The van der Waals surface area contributed by atoms with Crippen molar-refractivity contribution in [3.05, 3.63) is 29.8 Å². The summed E-state index contributed by atoms with van der Waals surface area (Å²) in [6.45, 7) is 6.62. The third-order valence-electron chi connectivity index (χ3n) is 2.90. The normalized spacial score (nSPS) is 12.9. The van der Waals surface area contributed by atoms with Gasteiger partial charge in [-0.3, -0.25) is 0 Å². The van der Waals surface area contributed by atoms with Crippen molar-refractivity contribution in [2.45, 2.75) is 25.6 Å². The van der Waals surface area contributed by atoms with E-state index < -0.39 is 0 Å². The van der Waals surface area contributed by atoms with Crippen LogP contribution < -0.4 is 15.4 Å². The maximum absolute atomic E-state index is 5.34. The van der Waals surface area contributed by atoms with E-state index in [9.17, 15) is 0 Å². The molecule has 0 saturated heterocycles. The largest absolute Gasteiger partial charge is 0.496 e. The quantitative estimate of drug-likeness (QED) is 0.599. The van der Waals surface area contributed by atoms with Crippen molar-refractivity contribution in [1.29, 1.82) is 0 Å². The average molecular weight is 295 g/mol. The number of aliphatic imine (C=N–C) groups is 1. The van der Waals surface area contributed by atoms with Crippen molar-refractivity contribution in [3.63, 3.8) is 0 Å². The second-order valence-electron chi connectivity index (χ2n) is 4.43. The van der Waals surface area contributed by atoms with E-state index in [1.165, 1.54) is 0 Å². The number of thioether (sulfide) groups is 1. The number of nitrogens with zero attached hydrogens (tertiary/aromatic N) is 1. The Balaban J connectivity index is 2.66. The third kappa shape index (κ3) is 5.74. The van der Waals surface area contributed by atoms with Crippen LogP contribution in [-0.2, 0) is 6.54 Å². The summed E-state index contributed by atoms with van der Waals surface area (Å²) < 4.78 is 5.34. The Morgan fingerprint density at radius 1 is 1.35 bits per heavy atom. The predicted octanol–water partition coefficient (Wildman–Crippen LogP) is 2.50. The molecule has 0 heterocycles. The lowest BCUT2D eigenvalue weighted by Gasteiger charge is -2.14. The third-order valence-corrected chi connectivity index (χ3v) is 3.87. The fourth-order valence-electron chi connectivity index (χ4n) is 1.66. The molecule has 1 unspecified atom stereocenters. The summed E-state index contributed by atoms with van der Waals surface area (Å²) in [6, 6.07) is 7.97. The number of hydrogen-bond donors (Lipinski definition) is 2. The van der Waals surface area contributed by atoms with Crippen LogP contribution in [0.25, 0.3) is 0 Å². The molecule has 2 N–H and O–H groups in total. The molecule has 0 aliphatic rings. The van der Waals surface area contributed by atoms with Gasteiger partial charge in [-0.15, -0.1) is 0 Å². The highest BCUT2D eigenvalue weighted by Gasteiger charge is 2.04. The van der Waals surface area contributed by atoms with Gasteiger partial charge in [-0.05, 0) is 19.2 Å². The van der Waals surface area contributed by atoms with Crippen LogP contribution in [0, 0.1) is 0 Å². The zero-order valence-corrected chi connectivity index (χ0v) is 13.6. The zero-order chi connectivity index (χ0) is 14.8. The highest BCUT2D eigenvalue weighted by molar-refractivity contribution is 7.99. The molecular weight excluding hydrogens is 270 g/mol. The summed E-state index contributed by atoms with van der Waals surface area (Å²) >= 11 is 1.84. The van der Waals surface area contributed by atoms with E-state index in [0.717, 1.165) is 30.4 Å². The van der Waals surface area contributed by atoms with Crippen LogP contribution in [0.3, 0.4) is 0 Å². The van der Waals surface area contributed by atoms with Gasteiger partial charge >= 0.3 is 0 Å². The van der Waals surface area contributed by atoms with Crippen LogP contribution >= 0.6 is 11.8 Å². The van der Waals surface area contributed by atoms with Crippen molar-refractivity contribution in [1.82, 2.24) is 10.6 Å². The molecule has 4 nitrogen and oxygen atoms in total. The molecule has 0 aromatic heterocycles. The first-order chi connectivity index (χ1) is 9.71. The second kappa shape index (κ2) is 9.53.